The van der Waals surface area contributed by atoms with E-state index in [1.165, 1.54) is 0 Å². The van der Waals surface area contributed by atoms with E-state index >= 15 is 0 Å². The van der Waals surface area contributed by atoms with Gasteiger partial charge < -0.3 is 9.80 Å². The highest BCUT2D eigenvalue weighted by Crippen LogP contribution is 2.28. The molecule has 0 unspecified atom stereocenters. The SMILES string of the molecule is CN(C)c1cc[c]c(-c2ccc(N(C)C)cc2F)c1. The number of benzene rings is 2. The molecule has 19 heavy (non-hydrogen) atoms. The molecule has 1 radical (unpaired) electrons. The molecule has 2 nitrogen and oxygen atoms in total. The van der Waals surface area contributed by atoms with Crippen molar-refractivity contribution in [1.82, 2.24) is 0 Å². The summed E-state index contributed by atoms with van der Waals surface area (Å²) in [6.07, 6.45) is 0. The molecule has 0 bridgehead atoms. The van der Waals surface area contributed by atoms with E-state index in [2.05, 4.69) is 6.07 Å². The Hall–Kier alpha value is -2.03. The van der Waals surface area contributed by atoms with Gasteiger partial charge in [-0.25, -0.2) is 4.39 Å². The zero-order valence-electron chi connectivity index (χ0n) is 11.7. The fourth-order valence-corrected chi connectivity index (χ4v) is 1.89. The molecule has 0 heterocycles. The van der Waals surface area contributed by atoms with Crippen molar-refractivity contribution >= 4 is 11.4 Å². The first-order valence-corrected chi connectivity index (χ1v) is 6.15. The third-order valence-corrected chi connectivity index (χ3v) is 3.06. The van der Waals surface area contributed by atoms with E-state index in [1.807, 2.05) is 62.3 Å². The van der Waals surface area contributed by atoms with Gasteiger partial charge >= 0.3 is 0 Å². The first-order chi connectivity index (χ1) is 8.99. The number of rotatable bonds is 3. The van der Waals surface area contributed by atoms with Gasteiger partial charge in [0.05, 0.1) is 0 Å². The Labute approximate surface area is 114 Å². The molecule has 0 saturated heterocycles. The minimum absolute atomic E-state index is 0.224. The molecular formula is C16H18FN2. The van der Waals surface area contributed by atoms with Crippen LogP contribution in [0.4, 0.5) is 15.8 Å². The molecule has 0 atom stereocenters. The van der Waals surface area contributed by atoms with E-state index < -0.39 is 0 Å². The van der Waals surface area contributed by atoms with Gasteiger partial charge in [0.2, 0.25) is 0 Å². The molecule has 0 aromatic heterocycles. The molecule has 3 heteroatoms. The lowest BCUT2D eigenvalue weighted by atomic mass is 10.0. The van der Waals surface area contributed by atoms with E-state index in [-0.39, 0.29) is 5.82 Å². The van der Waals surface area contributed by atoms with Gasteiger partial charge in [0.15, 0.2) is 0 Å². The van der Waals surface area contributed by atoms with Crippen molar-refractivity contribution < 1.29 is 4.39 Å². The van der Waals surface area contributed by atoms with Crippen LogP contribution in [0, 0.1) is 11.9 Å². The summed E-state index contributed by atoms with van der Waals surface area (Å²) in [6, 6.07) is 14.1. The van der Waals surface area contributed by atoms with Crippen LogP contribution in [0.15, 0.2) is 36.4 Å². The van der Waals surface area contributed by atoms with Crippen molar-refractivity contribution in [2.75, 3.05) is 38.0 Å². The summed E-state index contributed by atoms with van der Waals surface area (Å²) in [7, 11) is 7.72. The number of anilines is 2. The van der Waals surface area contributed by atoms with Gasteiger partial charge in [-0.2, -0.15) is 0 Å². The smallest absolute Gasteiger partial charge is 0.133 e. The average molecular weight is 257 g/mol. The Kier molecular flexibility index (Phi) is 3.74. The van der Waals surface area contributed by atoms with Crippen LogP contribution in [0.2, 0.25) is 0 Å². The van der Waals surface area contributed by atoms with Crippen molar-refractivity contribution in [2.45, 2.75) is 0 Å². The Bertz CT molecular complexity index is 577. The van der Waals surface area contributed by atoms with Crippen molar-refractivity contribution in [3.63, 3.8) is 0 Å². The van der Waals surface area contributed by atoms with E-state index in [9.17, 15) is 4.39 Å². The third-order valence-electron chi connectivity index (χ3n) is 3.06. The van der Waals surface area contributed by atoms with E-state index in [1.54, 1.807) is 12.1 Å². The van der Waals surface area contributed by atoms with E-state index in [0.29, 0.717) is 5.56 Å². The summed E-state index contributed by atoms with van der Waals surface area (Å²) in [5, 5.41) is 0. The quantitative estimate of drug-likeness (QED) is 0.831. The summed E-state index contributed by atoms with van der Waals surface area (Å²) in [5.74, 6) is -0.224. The van der Waals surface area contributed by atoms with Crippen LogP contribution in [0.1, 0.15) is 0 Å². The first-order valence-electron chi connectivity index (χ1n) is 6.15. The van der Waals surface area contributed by atoms with Crippen LogP contribution in [-0.2, 0) is 0 Å². The number of nitrogens with zero attached hydrogens (tertiary/aromatic N) is 2. The Balaban J connectivity index is 2.44. The van der Waals surface area contributed by atoms with E-state index in [4.69, 9.17) is 0 Å². The van der Waals surface area contributed by atoms with Gasteiger partial charge in [-0.05, 0) is 42.0 Å². The summed E-state index contributed by atoms with van der Waals surface area (Å²) < 4.78 is 14.2. The fraction of sp³-hybridized carbons (Fsp3) is 0.250. The molecule has 0 aliphatic heterocycles. The van der Waals surface area contributed by atoms with Crippen LogP contribution < -0.4 is 9.80 Å². The topological polar surface area (TPSA) is 6.48 Å². The fourth-order valence-electron chi connectivity index (χ4n) is 1.89. The summed E-state index contributed by atoms with van der Waals surface area (Å²) >= 11 is 0. The van der Waals surface area contributed by atoms with Gasteiger partial charge in [0, 0.05) is 45.1 Å². The van der Waals surface area contributed by atoms with Crippen molar-refractivity contribution in [1.29, 1.82) is 0 Å². The molecular weight excluding hydrogens is 239 g/mol. The van der Waals surface area contributed by atoms with Crippen LogP contribution in [-0.4, -0.2) is 28.2 Å². The highest BCUT2D eigenvalue weighted by molar-refractivity contribution is 5.70. The van der Waals surface area contributed by atoms with Crippen molar-refractivity contribution in [3.05, 3.63) is 48.3 Å². The van der Waals surface area contributed by atoms with Gasteiger partial charge in [0.25, 0.3) is 0 Å². The van der Waals surface area contributed by atoms with Gasteiger partial charge in [-0.15, -0.1) is 0 Å². The highest BCUT2D eigenvalue weighted by atomic mass is 19.1. The predicted octanol–water partition coefficient (Wildman–Crippen LogP) is 3.42. The Morgan fingerprint density at radius 1 is 0.895 bits per heavy atom. The molecule has 0 saturated carbocycles. The number of halogens is 1. The molecule has 2 aromatic rings. The standard InChI is InChI=1S/C16H18FN2/c1-18(2)13-7-5-6-12(10-13)15-9-8-14(19(3)4)11-16(15)17/h5,7-11H,1-4H3. The van der Waals surface area contributed by atoms with Crippen LogP contribution in [0.5, 0.6) is 0 Å². The second-order valence-corrected chi connectivity index (χ2v) is 4.91. The zero-order valence-corrected chi connectivity index (χ0v) is 11.7. The summed E-state index contributed by atoms with van der Waals surface area (Å²) in [4.78, 5) is 3.87. The first kappa shape index (κ1) is 13.4. The lowest BCUT2D eigenvalue weighted by Gasteiger charge is -2.15. The highest BCUT2D eigenvalue weighted by Gasteiger charge is 2.08. The van der Waals surface area contributed by atoms with Gasteiger partial charge in [0.1, 0.15) is 5.82 Å². The monoisotopic (exact) mass is 257 g/mol. The summed E-state index contributed by atoms with van der Waals surface area (Å²) in [5.41, 5.74) is 3.23. The van der Waals surface area contributed by atoms with Crippen molar-refractivity contribution in [3.8, 4) is 11.1 Å². The number of hydrogen-bond donors (Lipinski definition) is 0. The number of hydrogen-bond acceptors (Lipinski definition) is 2. The van der Waals surface area contributed by atoms with Gasteiger partial charge in [-0.3, -0.25) is 0 Å². The van der Waals surface area contributed by atoms with E-state index in [0.717, 1.165) is 16.9 Å². The maximum absolute atomic E-state index is 14.2. The maximum atomic E-state index is 14.2. The maximum Gasteiger partial charge on any atom is 0.133 e. The van der Waals surface area contributed by atoms with Gasteiger partial charge in [-0.1, -0.05) is 6.07 Å². The van der Waals surface area contributed by atoms with Crippen LogP contribution >= 0.6 is 0 Å². The molecule has 2 aromatic carbocycles. The molecule has 0 fully saturated rings. The lowest BCUT2D eigenvalue weighted by Crippen LogP contribution is -2.09. The molecule has 0 N–H and O–H groups in total. The summed E-state index contributed by atoms with van der Waals surface area (Å²) in [6.45, 7) is 0. The minimum Gasteiger partial charge on any atom is -0.378 e. The molecule has 2 rings (SSSR count). The normalized spacial score (nSPS) is 10.4. The average Bonchev–Trinajstić information content (AvgIpc) is 2.38. The Morgan fingerprint density at radius 3 is 2.11 bits per heavy atom. The second-order valence-electron chi connectivity index (χ2n) is 4.91. The largest absolute Gasteiger partial charge is 0.378 e. The van der Waals surface area contributed by atoms with Crippen molar-refractivity contribution in [2.24, 2.45) is 0 Å². The Morgan fingerprint density at radius 2 is 1.53 bits per heavy atom. The third kappa shape index (κ3) is 2.87. The predicted molar refractivity (Wildman–Crippen MR) is 79.3 cm³/mol. The molecule has 99 valence electrons. The van der Waals surface area contributed by atoms with Crippen LogP contribution in [0.3, 0.4) is 0 Å². The van der Waals surface area contributed by atoms with Crippen LogP contribution in [0.25, 0.3) is 11.1 Å². The molecule has 0 aliphatic carbocycles. The molecule has 0 aliphatic rings. The zero-order chi connectivity index (χ0) is 14.0. The lowest BCUT2D eigenvalue weighted by molar-refractivity contribution is 0.631. The second kappa shape index (κ2) is 5.31. The molecule has 0 amide bonds. The minimum atomic E-state index is -0.224. The molecule has 0 spiro atoms.